The molecule has 1 aliphatic carbocycles. The summed E-state index contributed by atoms with van der Waals surface area (Å²) in [5, 5.41) is 14.3. The molecule has 4 heterocycles. The van der Waals surface area contributed by atoms with Crippen molar-refractivity contribution in [1.82, 2.24) is 34.5 Å². The van der Waals surface area contributed by atoms with Gasteiger partial charge in [0.25, 0.3) is 0 Å². The highest BCUT2D eigenvalue weighted by atomic mass is 15.3. The second-order valence-electron chi connectivity index (χ2n) is 8.77. The molecule has 2 aliphatic rings. The summed E-state index contributed by atoms with van der Waals surface area (Å²) >= 11 is 0. The molecule has 0 bridgehead atoms. The molecule has 27 heavy (non-hydrogen) atoms. The molecule has 5 rings (SSSR count). The van der Waals surface area contributed by atoms with E-state index in [0.29, 0.717) is 12.0 Å². The SMILES string of the molecule is CC(C)(C)n1ncc2c(N3CCCC(c4nncn4C4CC4)C3)ncnc21. The van der Waals surface area contributed by atoms with E-state index in [-0.39, 0.29) is 5.54 Å². The third kappa shape index (κ3) is 2.87. The van der Waals surface area contributed by atoms with Crippen molar-refractivity contribution in [3.05, 3.63) is 24.7 Å². The van der Waals surface area contributed by atoms with Gasteiger partial charge >= 0.3 is 0 Å². The average Bonchev–Trinajstić information content (AvgIpc) is 3.19. The summed E-state index contributed by atoms with van der Waals surface area (Å²) in [6, 6.07) is 0.612. The lowest BCUT2D eigenvalue weighted by Gasteiger charge is -2.33. The molecule has 142 valence electrons. The Labute approximate surface area is 158 Å². The van der Waals surface area contributed by atoms with Crippen molar-refractivity contribution in [2.45, 2.75) is 64.0 Å². The maximum atomic E-state index is 4.63. The lowest BCUT2D eigenvalue weighted by atomic mass is 9.97. The molecular formula is C19H26N8. The lowest BCUT2D eigenvalue weighted by Crippen LogP contribution is -2.36. The van der Waals surface area contributed by atoms with Crippen LogP contribution in [-0.2, 0) is 5.54 Å². The molecule has 1 aliphatic heterocycles. The first-order chi connectivity index (χ1) is 13.0. The predicted molar refractivity (Wildman–Crippen MR) is 103 cm³/mol. The Hall–Kier alpha value is -2.51. The minimum Gasteiger partial charge on any atom is -0.355 e. The van der Waals surface area contributed by atoms with Crippen LogP contribution in [0, 0.1) is 0 Å². The van der Waals surface area contributed by atoms with Gasteiger partial charge in [0, 0.05) is 25.0 Å². The Bertz CT molecular complexity index is 962. The van der Waals surface area contributed by atoms with Crippen molar-refractivity contribution in [2.24, 2.45) is 0 Å². The largest absolute Gasteiger partial charge is 0.355 e. The Kier molecular flexibility index (Phi) is 3.70. The van der Waals surface area contributed by atoms with E-state index in [1.165, 1.54) is 12.8 Å². The summed E-state index contributed by atoms with van der Waals surface area (Å²) in [7, 11) is 0. The van der Waals surface area contributed by atoms with Crippen LogP contribution in [0.2, 0.25) is 0 Å². The third-order valence-corrected chi connectivity index (χ3v) is 5.61. The zero-order valence-electron chi connectivity index (χ0n) is 16.2. The Balaban J connectivity index is 1.48. The first kappa shape index (κ1) is 16.6. The van der Waals surface area contributed by atoms with Crippen LogP contribution >= 0.6 is 0 Å². The van der Waals surface area contributed by atoms with Gasteiger partial charge in [-0.1, -0.05) is 0 Å². The number of hydrogen-bond donors (Lipinski definition) is 0. The molecule has 3 aromatic heterocycles. The molecule has 1 saturated carbocycles. The minimum absolute atomic E-state index is 0.113. The molecule has 0 N–H and O–H groups in total. The Morgan fingerprint density at radius 1 is 1.11 bits per heavy atom. The average molecular weight is 366 g/mol. The van der Waals surface area contributed by atoms with Crippen molar-refractivity contribution in [3.63, 3.8) is 0 Å². The fraction of sp³-hybridized carbons (Fsp3) is 0.632. The zero-order valence-corrected chi connectivity index (χ0v) is 16.2. The minimum atomic E-state index is -0.113. The molecule has 0 amide bonds. The molecule has 1 atom stereocenters. The van der Waals surface area contributed by atoms with Crippen LogP contribution < -0.4 is 4.90 Å². The number of nitrogens with zero attached hydrogens (tertiary/aromatic N) is 8. The van der Waals surface area contributed by atoms with E-state index in [1.54, 1.807) is 6.33 Å². The summed E-state index contributed by atoms with van der Waals surface area (Å²) in [6.07, 6.45) is 10.3. The molecule has 2 fully saturated rings. The third-order valence-electron chi connectivity index (χ3n) is 5.61. The van der Waals surface area contributed by atoms with Crippen molar-refractivity contribution >= 4 is 16.9 Å². The van der Waals surface area contributed by atoms with Crippen molar-refractivity contribution in [1.29, 1.82) is 0 Å². The van der Waals surface area contributed by atoms with Crippen molar-refractivity contribution < 1.29 is 0 Å². The Morgan fingerprint density at radius 2 is 1.96 bits per heavy atom. The molecular weight excluding hydrogens is 340 g/mol. The summed E-state index contributed by atoms with van der Waals surface area (Å²) < 4.78 is 4.28. The van der Waals surface area contributed by atoms with Crippen molar-refractivity contribution in [2.75, 3.05) is 18.0 Å². The van der Waals surface area contributed by atoms with Gasteiger partial charge in [0.15, 0.2) is 5.65 Å². The van der Waals surface area contributed by atoms with Gasteiger partial charge < -0.3 is 9.47 Å². The summed E-state index contributed by atoms with van der Waals surface area (Å²) in [5.41, 5.74) is 0.786. The highest BCUT2D eigenvalue weighted by molar-refractivity contribution is 5.86. The fourth-order valence-corrected chi connectivity index (χ4v) is 4.13. The van der Waals surface area contributed by atoms with Crippen LogP contribution in [-0.4, -0.2) is 47.6 Å². The molecule has 0 radical (unpaired) electrons. The predicted octanol–water partition coefficient (Wildman–Crippen LogP) is 2.89. The van der Waals surface area contributed by atoms with Crippen LogP contribution in [0.3, 0.4) is 0 Å². The number of hydrogen-bond acceptors (Lipinski definition) is 6. The number of aromatic nitrogens is 7. The number of rotatable bonds is 3. The quantitative estimate of drug-likeness (QED) is 0.709. The molecule has 3 aromatic rings. The molecule has 8 heteroatoms. The highest BCUT2D eigenvalue weighted by Crippen LogP contribution is 2.39. The molecule has 1 unspecified atom stereocenters. The van der Waals surface area contributed by atoms with Gasteiger partial charge in [0.05, 0.1) is 17.1 Å². The van der Waals surface area contributed by atoms with E-state index in [2.05, 4.69) is 55.5 Å². The van der Waals surface area contributed by atoms with Crippen LogP contribution in [0.5, 0.6) is 0 Å². The van der Waals surface area contributed by atoms with E-state index in [1.807, 2.05) is 17.2 Å². The number of anilines is 1. The van der Waals surface area contributed by atoms with E-state index < -0.39 is 0 Å². The first-order valence-electron chi connectivity index (χ1n) is 9.86. The summed E-state index contributed by atoms with van der Waals surface area (Å²) in [4.78, 5) is 11.5. The number of fused-ring (bicyclic) bond motifs is 1. The van der Waals surface area contributed by atoms with E-state index in [9.17, 15) is 0 Å². The van der Waals surface area contributed by atoms with Gasteiger partial charge in [-0.15, -0.1) is 10.2 Å². The topological polar surface area (TPSA) is 77.5 Å². The van der Waals surface area contributed by atoms with Gasteiger partial charge in [-0.25, -0.2) is 14.6 Å². The Morgan fingerprint density at radius 3 is 2.74 bits per heavy atom. The van der Waals surface area contributed by atoms with Gasteiger partial charge in [-0.05, 0) is 46.5 Å². The normalized spacial score (nSPS) is 21.1. The maximum absolute atomic E-state index is 4.63. The molecule has 0 spiro atoms. The van der Waals surface area contributed by atoms with Crippen LogP contribution in [0.1, 0.15) is 64.2 Å². The van der Waals surface area contributed by atoms with Crippen LogP contribution in [0.4, 0.5) is 5.82 Å². The molecule has 0 aromatic carbocycles. The standard InChI is InChI=1S/C19H26N8/c1-19(2,3)27-18-15(9-23-27)17(20-11-21-18)25-8-4-5-13(10-25)16-24-22-12-26(16)14-6-7-14/h9,11-14H,4-8,10H2,1-3H3. The molecule has 8 nitrogen and oxygen atoms in total. The maximum Gasteiger partial charge on any atom is 0.163 e. The summed E-state index contributed by atoms with van der Waals surface area (Å²) in [6.45, 7) is 8.34. The smallest absolute Gasteiger partial charge is 0.163 e. The van der Waals surface area contributed by atoms with E-state index >= 15 is 0 Å². The van der Waals surface area contributed by atoms with Crippen LogP contribution in [0.25, 0.3) is 11.0 Å². The van der Waals surface area contributed by atoms with Crippen molar-refractivity contribution in [3.8, 4) is 0 Å². The summed E-state index contributed by atoms with van der Waals surface area (Å²) in [5.74, 6) is 2.51. The number of piperidine rings is 1. The van der Waals surface area contributed by atoms with E-state index in [0.717, 1.165) is 48.6 Å². The van der Waals surface area contributed by atoms with Gasteiger partial charge in [0.1, 0.15) is 24.3 Å². The van der Waals surface area contributed by atoms with Gasteiger partial charge in [0.2, 0.25) is 0 Å². The second kappa shape index (κ2) is 6.00. The highest BCUT2D eigenvalue weighted by Gasteiger charge is 2.32. The van der Waals surface area contributed by atoms with E-state index in [4.69, 9.17) is 0 Å². The van der Waals surface area contributed by atoms with Gasteiger partial charge in [-0.3, -0.25) is 0 Å². The van der Waals surface area contributed by atoms with Gasteiger partial charge in [-0.2, -0.15) is 5.10 Å². The zero-order chi connectivity index (χ0) is 18.6. The lowest BCUT2D eigenvalue weighted by molar-refractivity contribution is 0.366. The van der Waals surface area contributed by atoms with Crippen LogP contribution in [0.15, 0.2) is 18.9 Å². The monoisotopic (exact) mass is 366 g/mol. The fourth-order valence-electron chi connectivity index (χ4n) is 4.13. The first-order valence-corrected chi connectivity index (χ1v) is 9.86. The second-order valence-corrected chi connectivity index (χ2v) is 8.77. The molecule has 1 saturated heterocycles.